The van der Waals surface area contributed by atoms with Gasteiger partial charge in [0.1, 0.15) is 4.88 Å². The molecular formula is C12H11BrO2S. The average molecular weight is 299 g/mol. The lowest BCUT2D eigenvalue weighted by atomic mass is 10.2. The van der Waals surface area contributed by atoms with Crippen molar-refractivity contribution in [3.63, 3.8) is 0 Å². The standard InChI is InChI=1S/C12H11BrO2S/c1-3-15-12(14)11-5-8-4-7(2)9(13)6-10(8)16-11/h4-6H,3H2,1-2H3. The first kappa shape index (κ1) is 11.6. The molecule has 0 fully saturated rings. The van der Waals surface area contributed by atoms with Gasteiger partial charge in [0.05, 0.1) is 6.61 Å². The van der Waals surface area contributed by atoms with Gasteiger partial charge >= 0.3 is 5.97 Å². The van der Waals surface area contributed by atoms with Crippen molar-refractivity contribution in [2.45, 2.75) is 13.8 Å². The SMILES string of the molecule is CCOC(=O)c1cc2cc(C)c(Br)cc2s1. The molecule has 1 heterocycles. The second-order valence-electron chi connectivity index (χ2n) is 3.47. The molecule has 0 atom stereocenters. The molecule has 0 aliphatic rings. The van der Waals surface area contributed by atoms with Crippen LogP contribution in [0.25, 0.3) is 10.1 Å². The Labute approximate surface area is 106 Å². The van der Waals surface area contributed by atoms with Crippen molar-refractivity contribution >= 4 is 43.3 Å². The van der Waals surface area contributed by atoms with Crippen molar-refractivity contribution in [3.05, 3.63) is 33.1 Å². The fraction of sp³-hybridized carbons (Fsp3) is 0.250. The zero-order valence-corrected chi connectivity index (χ0v) is 11.4. The number of thiophene rings is 1. The Morgan fingerprint density at radius 3 is 2.88 bits per heavy atom. The van der Waals surface area contributed by atoms with Gasteiger partial charge in [-0.25, -0.2) is 4.79 Å². The van der Waals surface area contributed by atoms with E-state index in [2.05, 4.69) is 22.0 Å². The molecule has 0 bridgehead atoms. The molecule has 2 rings (SSSR count). The zero-order valence-electron chi connectivity index (χ0n) is 9.04. The summed E-state index contributed by atoms with van der Waals surface area (Å²) in [6, 6.07) is 5.99. The summed E-state index contributed by atoms with van der Waals surface area (Å²) in [5.74, 6) is -0.238. The fourth-order valence-electron chi connectivity index (χ4n) is 1.48. The highest BCUT2D eigenvalue weighted by molar-refractivity contribution is 9.10. The maximum atomic E-state index is 11.6. The van der Waals surface area contributed by atoms with Crippen LogP contribution in [0.1, 0.15) is 22.2 Å². The summed E-state index contributed by atoms with van der Waals surface area (Å²) in [5, 5.41) is 1.09. The predicted octanol–water partition coefficient (Wildman–Crippen LogP) is 4.15. The smallest absolute Gasteiger partial charge is 0.348 e. The Hall–Kier alpha value is -0.870. The molecule has 0 amide bonds. The van der Waals surface area contributed by atoms with Crippen molar-refractivity contribution < 1.29 is 9.53 Å². The van der Waals surface area contributed by atoms with E-state index < -0.39 is 0 Å². The predicted molar refractivity (Wildman–Crippen MR) is 70.2 cm³/mol. The Morgan fingerprint density at radius 1 is 1.44 bits per heavy atom. The van der Waals surface area contributed by atoms with Crippen LogP contribution in [-0.2, 0) is 4.74 Å². The number of esters is 1. The van der Waals surface area contributed by atoms with Gasteiger partial charge < -0.3 is 4.74 Å². The van der Waals surface area contributed by atoms with E-state index in [-0.39, 0.29) is 5.97 Å². The summed E-state index contributed by atoms with van der Waals surface area (Å²) in [4.78, 5) is 12.2. The molecule has 0 aliphatic heterocycles. The fourth-order valence-corrected chi connectivity index (χ4v) is 2.95. The molecule has 1 aromatic heterocycles. The average Bonchev–Trinajstić information content (AvgIpc) is 2.62. The Bertz CT molecular complexity index is 506. The molecule has 0 radical (unpaired) electrons. The lowest BCUT2D eigenvalue weighted by Crippen LogP contribution is -2.01. The van der Waals surface area contributed by atoms with Gasteiger partial charge in [0.2, 0.25) is 0 Å². The van der Waals surface area contributed by atoms with Crippen molar-refractivity contribution in [2.24, 2.45) is 0 Å². The number of halogens is 1. The van der Waals surface area contributed by atoms with E-state index in [0.29, 0.717) is 11.5 Å². The van der Waals surface area contributed by atoms with Gasteiger partial charge in [0.15, 0.2) is 0 Å². The van der Waals surface area contributed by atoms with Crippen LogP contribution in [-0.4, -0.2) is 12.6 Å². The van der Waals surface area contributed by atoms with E-state index in [9.17, 15) is 4.79 Å². The Kier molecular flexibility index (Phi) is 3.30. The molecule has 84 valence electrons. The van der Waals surface area contributed by atoms with Gasteiger partial charge in [-0.05, 0) is 43.0 Å². The third-order valence-electron chi connectivity index (χ3n) is 2.27. The number of fused-ring (bicyclic) bond motifs is 1. The maximum absolute atomic E-state index is 11.6. The van der Waals surface area contributed by atoms with Crippen LogP contribution in [0, 0.1) is 6.92 Å². The van der Waals surface area contributed by atoms with Crippen molar-refractivity contribution in [3.8, 4) is 0 Å². The minimum absolute atomic E-state index is 0.238. The molecule has 4 heteroatoms. The van der Waals surface area contributed by atoms with Crippen LogP contribution in [0.15, 0.2) is 22.7 Å². The molecule has 2 nitrogen and oxygen atoms in total. The van der Waals surface area contributed by atoms with Gasteiger partial charge in [0, 0.05) is 9.17 Å². The highest BCUT2D eigenvalue weighted by Gasteiger charge is 2.11. The zero-order chi connectivity index (χ0) is 11.7. The first-order valence-corrected chi connectivity index (χ1v) is 6.59. The third kappa shape index (κ3) is 2.13. The third-order valence-corrected chi connectivity index (χ3v) is 4.21. The van der Waals surface area contributed by atoms with E-state index in [1.165, 1.54) is 16.9 Å². The van der Waals surface area contributed by atoms with Gasteiger partial charge in [-0.3, -0.25) is 0 Å². The van der Waals surface area contributed by atoms with Crippen LogP contribution in [0.3, 0.4) is 0 Å². The van der Waals surface area contributed by atoms with E-state index in [1.54, 1.807) is 0 Å². The number of hydrogen-bond donors (Lipinski definition) is 0. The topological polar surface area (TPSA) is 26.3 Å². The highest BCUT2D eigenvalue weighted by atomic mass is 79.9. The van der Waals surface area contributed by atoms with Gasteiger partial charge in [-0.15, -0.1) is 11.3 Å². The molecule has 0 spiro atoms. The molecule has 0 saturated heterocycles. The monoisotopic (exact) mass is 298 g/mol. The number of aryl methyl sites for hydroxylation is 1. The lowest BCUT2D eigenvalue weighted by molar-refractivity contribution is 0.0532. The van der Waals surface area contributed by atoms with Gasteiger partial charge in [0.25, 0.3) is 0 Å². The van der Waals surface area contributed by atoms with Crippen LogP contribution in [0.2, 0.25) is 0 Å². The Morgan fingerprint density at radius 2 is 2.19 bits per heavy atom. The summed E-state index contributed by atoms with van der Waals surface area (Å²) in [5.41, 5.74) is 1.17. The molecule has 0 aliphatic carbocycles. The van der Waals surface area contributed by atoms with Crippen LogP contribution < -0.4 is 0 Å². The lowest BCUT2D eigenvalue weighted by Gasteiger charge is -1.96. The summed E-state index contributed by atoms with van der Waals surface area (Å²) < 4.78 is 7.14. The minimum Gasteiger partial charge on any atom is -0.462 e. The second-order valence-corrected chi connectivity index (χ2v) is 5.41. The maximum Gasteiger partial charge on any atom is 0.348 e. The molecule has 0 saturated carbocycles. The number of hydrogen-bond acceptors (Lipinski definition) is 3. The summed E-state index contributed by atoms with van der Waals surface area (Å²) in [6.07, 6.45) is 0. The molecule has 0 N–H and O–H groups in total. The molecule has 0 unspecified atom stereocenters. The summed E-state index contributed by atoms with van der Waals surface area (Å²) >= 11 is 4.95. The summed E-state index contributed by atoms with van der Waals surface area (Å²) in [6.45, 7) is 4.26. The van der Waals surface area contributed by atoms with Crippen molar-refractivity contribution in [1.29, 1.82) is 0 Å². The molecule has 1 aromatic carbocycles. The molecular weight excluding hydrogens is 288 g/mol. The highest BCUT2D eigenvalue weighted by Crippen LogP contribution is 2.31. The quantitative estimate of drug-likeness (QED) is 0.779. The molecule has 2 aromatic rings. The number of benzene rings is 1. The van der Waals surface area contributed by atoms with Crippen molar-refractivity contribution in [1.82, 2.24) is 0 Å². The molecule has 16 heavy (non-hydrogen) atoms. The number of carbonyl (C=O) groups excluding carboxylic acids is 1. The number of ether oxygens (including phenoxy) is 1. The van der Waals surface area contributed by atoms with E-state index in [4.69, 9.17) is 4.74 Å². The summed E-state index contributed by atoms with van der Waals surface area (Å²) in [7, 11) is 0. The van der Waals surface area contributed by atoms with Crippen molar-refractivity contribution in [2.75, 3.05) is 6.61 Å². The van der Waals surface area contributed by atoms with E-state index >= 15 is 0 Å². The van der Waals surface area contributed by atoms with Crippen LogP contribution >= 0.6 is 27.3 Å². The first-order chi connectivity index (χ1) is 7.61. The van der Waals surface area contributed by atoms with E-state index in [1.807, 2.05) is 26.0 Å². The minimum atomic E-state index is -0.238. The van der Waals surface area contributed by atoms with Gasteiger partial charge in [-0.2, -0.15) is 0 Å². The van der Waals surface area contributed by atoms with E-state index in [0.717, 1.165) is 14.6 Å². The largest absolute Gasteiger partial charge is 0.462 e. The second kappa shape index (κ2) is 4.55. The first-order valence-electron chi connectivity index (χ1n) is 4.98. The normalized spacial score (nSPS) is 10.7. The van der Waals surface area contributed by atoms with Gasteiger partial charge in [-0.1, -0.05) is 15.9 Å². The van der Waals surface area contributed by atoms with Crippen LogP contribution in [0.4, 0.5) is 0 Å². The number of rotatable bonds is 2. The number of carbonyl (C=O) groups is 1. The van der Waals surface area contributed by atoms with Crippen LogP contribution in [0.5, 0.6) is 0 Å². The Balaban J connectivity index is 2.48.